The van der Waals surface area contributed by atoms with Crippen LogP contribution >= 0.6 is 11.8 Å². The third kappa shape index (κ3) is 2.14. The summed E-state index contributed by atoms with van der Waals surface area (Å²) in [4.78, 5) is 10.2. The van der Waals surface area contributed by atoms with E-state index in [1.807, 2.05) is 0 Å². The van der Waals surface area contributed by atoms with Crippen LogP contribution in [0.2, 0.25) is 0 Å². The van der Waals surface area contributed by atoms with Crippen LogP contribution in [0.4, 0.5) is 4.79 Å². The van der Waals surface area contributed by atoms with Crippen LogP contribution in [-0.4, -0.2) is 5.24 Å². The minimum Gasteiger partial charge on any atom is -0.468 e. The lowest BCUT2D eigenvalue weighted by Crippen LogP contribution is -2.01. The molecule has 4 heteroatoms. The number of primary amides is 1. The van der Waals surface area contributed by atoms with E-state index in [0.717, 1.165) is 17.5 Å². The van der Waals surface area contributed by atoms with Crippen LogP contribution in [0.3, 0.4) is 0 Å². The fourth-order valence-electron chi connectivity index (χ4n) is 0.537. The Labute approximate surface area is 62.6 Å². The van der Waals surface area contributed by atoms with Gasteiger partial charge >= 0.3 is 0 Å². The maximum Gasteiger partial charge on any atom is 0.276 e. The molecule has 1 aromatic rings. The van der Waals surface area contributed by atoms with Gasteiger partial charge in [-0.25, -0.2) is 0 Å². The molecule has 0 aromatic carbocycles. The Morgan fingerprint density at radius 2 is 2.60 bits per heavy atom. The lowest BCUT2D eigenvalue weighted by molar-refractivity contribution is 0.267. The topological polar surface area (TPSA) is 56.2 Å². The van der Waals surface area contributed by atoms with Crippen LogP contribution in [0, 0.1) is 0 Å². The van der Waals surface area contributed by atoms with Gasteiger partial charge in [0.1, 0.15) is 5.76 Å². The molecule has 3 nitrogen and oxygen atoms in total. The van der Waals surface area contributed by atoms with Crippen LogP contribution in [0.15, 0.2) is 22.8 Å². The molecule has 54 valence electrons. The zero-order chi connectivity index (χ0) is 7.40. The Kier molecular flexibility index (Phi) is 2.39. The molecule has 0 bridgehead atoms. The second-order valence-corrected chi connectivity index (χ2v) is 2.67. The predicted octanol–water partition coefficient (Wildman–Crippen LogP) is 1.59. The number of carbonyl (C=O) groups is 1. The number of nitrogens with two attached hydrogens (primary N) is 1. The summed E-state index contributed by atoms with van der Waals surface area (Å²) in [6.07, 6.45) is 1.57. The molecule has 0 atom stereocenters. The number of thioether (sulfide) groups is 1. The van der Waals surface area contributed by atoms with E-state index >= 15 is 0 Å². The minimum atomic E-state index is -0.378. The first-order valence-corrected chi connectivity index (χ1v) is 3.72. The highest BCUT2D eigenvalue weighted by atomic mass is 32.2. The molecule has 1 rings (SSSR count). The summed E-state index contributed by atoms with van der Waals surface area (Å²) < 4.78 is 4.96. The second-order valence-electron chi connectivity index (χ2n) is 1.69. The van der Waals surface area contributed by atoms with E-state index in [0.29, 0.717) is 5.75 Å². The molecule has 0 aliphatic heterocycles. The largest absolute Gasteiger partial charge is 0.468 e. The van der Waals surface area contributed by atoms with Gasteiger partial charge in [-0.3, -0.25) is 4.79 Å². The average molecular weight is 157 g/mol. The van der Waals surface area contributed by atoms with Crippen molar-refractivity contribution in [3.05, 3.63) is 24.2 Å². The van der Waals surface area contributed by atoms with E-state index in [4.69, 9.17) is 10.2 Å². The van der Waals surface area contributed by atoms with Gasteiger partial charge in [0.25, 0.3) is 5.24 Å². The van der Waals surface area contributed by atoms with Gasteiger partial charge in [0.2, 0.25) is 0 Å². The Hall–Kier alpha value is -0.900. The molecule has 0 radical (unpaired) electrons. The second kappa shape index (κ2) is 3.31. The lowest BCUT2D eigenvalue weighted by atomic mass is 10.5. The third-order valence-corrected chi connectivity index (χ3v) is 1.65. The first kappa shape index (κ1) is 7.21. The van der Waals surface area contributed by atoms with Gasteiger partial charge < -0.3 is 10.2 Å². The SMILES string of the molecule is NC(=O)SCc1ccco1. The smallest absolute Gasteiger partial charge is 0.276 e. The van der Waals surface area contributed by atoms with Gasteiger partial charge in [-0.2, -0.15) is 0 Å². The van der Waals surface area contributed by atoms with Crippen LogP contribution < -0.4 is 5.73 Å². The van der Waals surface area contributed by atoms with Gasteiger partial charge in [-0.05, 0) is 12.1 Å². The van der Waals surface area contributed by atoms with Crippen molar-refractivity contribution in [2.45, 2.75) is 5.75 Å². The summed E-state index contributed by atoms with van der Waals surface area (Å²) in [5.41, 5.74) is 4.89. The van der Waals surface area contributed by atoms with E-state index in [2.05, 4.69) is 0 Å². The van der Waals surface area contributed by atoms with Crippen molar-refractivity contribution >= 4 is 17.0 Å². The maximum atomic E-state index is 10.2. The molecule has 0 fully saturated rings. The number of amides is 1. The molecule has 0 unspecified atom stereocenters. The molecule has 0 saturated carbocycles. The number of carbonyl (C=O) groups excluding carboxylic acids is 1. The summed E-state index contributed by atoms with van der Waals surface area (Å²) in [5, 5.41) is -0.378. The molecule has 0 aliphatic carbocycles. The van der Waals surface area contributed by atoms with Crippen molar-refractivity contribution in [2.75, 3.05) is 0 Å². The number of rotatable bonds is 2. The molecule has 1 aromatic heterocycles. The van der Waals surface area contributed by atoms with Crippen LogP contribution in [-0.2, 0) is 5.75 Å². The summed E-state index contributed by atoms with van der Waals surface area (Å²) in [7, 11) is 0. The molecule has 1 amide bonds. The van der Waals surface area contributed by atoms with Crippen LogP contribution in [0.25, 0.3) is 0 Å². The minimum absolute atomic E-state index is 0.378. The van der Waals surface area contributed by atoms with Crippen LogP contribution in [0.1, 0.15) is 5.76 Å². The van der Waals surface area contributed by atoms with E-state index in [1.165, 1.54) is 0 Å². The first-order chi connectivity index (χ1) is 4.79. The number of hydrogen-bond donors (Lipinski definition) is 1. The van der Waals surface area contributed by atoms with Crippen molar-refractivity contribution in [1.82, 2.24) is 0 Å². The fourth-order valence-corrected chi connectivity index (χ4v) is 0.986. The summed E-state index contributed by atoms with van der Waals surface area (Å²) >= 11 is 1.03. The van der Waals surface area contributed by atoms with E-state index in [9.17, 15) is 4.79 Å². The Morgan fingerprint density at radius 3 is 3.10 bits per heavy atom. The van der Waals surface area contributed by atoms with Crippen molar-refractivity contribution in [2.24, 2.45) is 5.73 Å². The van der Waals surface area contributed by atoms with Gasteiger partial charge in [0.15, 0.2) is 0 Å². The molecule has 1 heterocycles. The molecule has 0 spiro atoms. The normalized spacial score (nSPS) is 9.60. The van der Waals surface area contributed by atoms with Gasteiger partial charge in [0.05, 0.1) is 12.0 Å². The molecule has 2 N–H and O–H groups in total. The summed E-state index contributed by atoms with van der Waals surface area (Å²) in [6, 6.07) is 3.58. The van der Waals surface area contributed by atoms with Crippen molar-refractivity contribution < 1.29 is 9.21 Å². The quantitative estimate of drug-likeness (QED) is 0.709. The standard InChI is InChI=1S/C6H7NO2S/c7-6(8)10-4-5-2-1-3-9-5/h1-3H,4H2,(H2,7,8). The summed E-state index contributed by atoms with van der Waals surface area (Å²) in [6.45, 7) is 0. The lowest BCUT2D eigenvalue weighted by Gasteiger charge is -1.89. The Balaban J connectivity index is 2.35. The Bertz CT molecular complexity index is 208. The highest BCUT2D eigenvalue weighted by molar-refractivity contribution is 8.12. The predicted molar refractivity (Wildman–Crippen MR) is 39.6 cm³/mol. The third-order valence-electron chi connectivity index (χ3n) is 0.937. The summed E-state index contributed by atoms with van der Waals surface area (Å²) in [5.74, 6) is 1.28. The number of furan rings is 1. The number of hydrogen-bond acceptors (Lipinski definition) is 3. The highest BCUT2D eigenvalue weighted by Crippen LogP contribution is 2.11. The van der Waals surface area contributed by atoms with Gasteiger partial charge in [-0.1, -0.05) is 11.8 Å². The maximum absolute atomic E-state index is 10.2. The molecular weight excluding hydrogens is 150 g/mol. The van der Waals surface area contributed by atoms with E-state index in [1.54, 1.807) is 18.4 Å². The fraction of sp³-hybridized carbons (Fsp3) is 0.167. The van der Waals surface area contributed by atoms with Gasteiger partial charge in [-0.15, -0.1) is 0 Å². The van der Waals surface area contributed by atoms with E-state index in [-0.39, 0.29) is 5.24 Å². The zero-order valence-corrected chi connectivity index (χ0v) is 6.06. The zero-order valence-electron chi connectivity index (χ0n) is 5.24. The average Bonchev–Trinajstić information content (AvgIpc) is 2.34. The molecular formula is C6H7NO2S. The molecule has 0 saturated heterocycles. The van der Waals surface area contributed by atoms with Gasteiger partial charge in [0, 0.05) is 0 Å². The monoisotopic (exact) mass is 157 g/mol. The molecule has 10 heavy (non-hydrogen) atoms. The first-order valence-electron chi connectivity index (χ1n) is 2.73. The highest BCUT2D eigenvalue weighted by Gasteiger charge is 1.98. The van der Waals surface area contributed by atoms with Crippen molar-refractivity contribution in [1.29, 1.82) is 0 Å². The van der Waals surface area contributed by atoms with Crippen molar-refractivity contribution in [3.63, 3.8) is 0 Å². The Morgan fingerprint density at radius 1 is 1.80 bits per heavy atom. The van der Waals surface area contributed by atoms with E-state index < -0.39 is 0 Å². The van der Waals surface area contributed by atoms with Crippen molar-refractivity contribution in [3.8, 4) is 0 Å². The van der Waals surface area contributed by atoms with Crippen LogP contribution in [0.5, 0.6) is 0 Å². The molecule has 0 aliphatic rings.